The van der Waals surface area contributed by atoms with Crippen LogP contribution in [0.5, 0.6) is 0 Å². The lowest BCUT2D eigenvalue weighted by atomic mass is 10.1. The van der Waals surface area contributed by atoms with Gasteiger partial charge in [-0.1, -0.05) is 0 Å². The summed E-state index contributed by atoms with van der Waals surface area (Å²) >= 11 is 0. The maximum Gasteiger partial charge on any atom is 0.390 e. The van der Waals surface area contributed by atoms with Crippen molar-refractivity contribution in [2.45, 2.75) is 44.9 Å². The van der Waals surface area contributed by atoms with Crippen molar-refractivity contribution in [2.75, 3.05) is 33.9 Å². The maximum absolute atomic E-state index is 12.2. The van der Waals surface area contributed by atoms with Crippen LogP contribution in [0.15, 0.2) is 0 Å². The number of methoxy groups -OCH3 is 1. The molecule has 0 bridgehead atoms. The van der Waals surface area contributed by atoms with Gasteiger partial charge in [-0.25, -0.2) is 0 Å². The van der Waals surface area contributed by atoms with Gasteiger partial charge in [-0.15, -0.1) is 0 Å². The molecule has 0 aliphatic carbocycles. The molecule has 1 atom stereocenters. The van der Waals surface area contributed by atoms with Gasteiger partial charge in [0.15, 0.2) is 0 Å². The molecule has 0 saturated heterocycles. The molecule has 1 N–H and O–H groups in total. The van der Waals surface area contributed by atoms with E-state index in [0.717, 1.165) is 0 Å². The Labute approximate surface area is 108 Å². The van der Waals surface area contributed by atoms with Crippen LogP contribution in [0.25, 0.3) is 0 Å². The number of nitrogens with zero attached hydrogens (tertiary/aromatic N) is 1. The summed E-state index contributed by atoms with van der Waals surface area (Å²) in [5.74, 6) is 0. The van der Waals surface area contributed by atoms with Crippen LogP contribution in [0.4, 0.5) is 13.2 Å². The van der Waals surface area contributed by atoms with E-state index in [2.05, 4.69) is 5.32 Å². The van der Waals surface area contributed by atoms with Gasteiger partial charge in [-0.05, 0) is 27.8 Å². The van der Waals surface area contributed by atoms with Gasteiger partial charge in [0.1, 0.15) is 0 Å². The summed E-state index contributed by atoms with van der Waals surface area (Å²) in [6, 6.07) is -0.0587. The van der Waals surface area contributed by atoms with Crippen LogP contribution in [0.2, 0.25) is 0 Å². The molecule has 0 spiro atoms. The molecule has 0 aliphatic heterocycles. The molecule has 18 heavy (non-hydrogen) atoms. The minimum atomic E-state index is -4.11. The molecule has 3 nitrogen and oxygen atoms in total. The molecule has 0 saturated carbocycles. The standard InChI is InChI=1S/C12H25F3N2O/c1-11(2,3)16-8-10(9-18-5)17(4)7-6-12(13,14)15/h10,16H,6-9H2,1-5H3. The second-order valence-corrected chi connectivity index (χ2v) is 5.59. The van der Waals surface area contributed by atoms with Gasteiger partial charge in [0, 0.05) is 31.8 Å². The fourth-order valence-corrected chi connectivity index (χ4v) is 1.44. The third-order valence-electron chi connectivity index (χ3n) is 2.60. The lowest BCUT2D eigenvalue weighted by molar-refractivity contribution is -0.138. The van der Waals surface area contributed by atoms with Crippen LogP contribution in [-0.2, 0) is 4.74 Å². The monoisotopic (exact) mass is 270 g/mol. The largest absolute Gasteiger partial charge is 0.390 e. The number of hydrogen-bond acceptors (Lipinski definition) is 3. The van der Waals surface area contributed by atoms with Crippen molar-refractivity contribution in [3.05, 3.63) is 0 Å². The molecule has 0 rings (SSSR count). The van der Waals surface area contributed by atoms with Gasteiger partial charge < -0.3 is 10.1 Å². The highest BCUT2D eigenvalue weighted by Crippen LogP contribution is 2.20. The van der Waals surface area contributed by atoms with Crippen LogP contribution < -0.4 is 5.32 Å². The lowest BCUT2D eigenvalue weighted by Crippen LogP contribution is -2.49. The molecule has 0 amide bonds. The first kappa shape index (κ1) is 17.7. The zero-order valence-corrected chi connectivity index (χ0v) is 11.9. The smallest absolute Gasteiger partial charge is 0.383 e. The van der Waals surface area contributed by atoms with Crippen molar-refractivity contribution >= 4 is 0 Å². The first-order chi connectivity index (χ1) is 8.05. The summed E-state index contributed by atoms with van der Waals surface area (Å²) in [7, 11) is 3.25. The molecule has 0 radical (unpaired) electrons. The normalized spacial score (nSPS) is 15.2. The molecule has 0 aromatic heterocycles. The Bertz CT molecular complexity index is 226. The second-order valence-electron chi connectivity index (χ2n) is 5.59. The summed E-state index contributed by atoms with van der Waals surface area (Å²) < 4.78 is 41.6. The average Bonchev–Trinajstić information content (AvgIpc) is 2.18. The summed E-state index contributed by atoms with van der Waals surface area (Å²) in [6.45, 7) is 7.07. The summed E-state index contributed by atoms with van der Waals surface area (Å²) in [5.41, 5.74) is -0.0587. The molecule has 0 fully saturated rings. The van der Waals surface area contributed by atoms with E-state index in [1.165, 1.54) is 0 Å². The molecule has 6 heteroatoms. The van der Waals surface area contributed by atoms with Crippen molar-refractivity contribution in [1.82, 2.24) is 10.2 Å². The maximum atomic E-state index is 12.2. The molecule has 0 heterocycles. The number of hydrogen-bond donors (Lipinski definition) is 1. The number of alkyl halides is 3. The van der Waals surface area contributed by atoms with Crippen molar-refractivity contribution in [2.24, 2.45) is 0 Å². The fourth-order valence-electron chi connectivity index (χ4n) is 1.44. The Kier molecular flexibility index (Phi) is 7.17. The van der Waals surface area contributed by atoms with E-state index in [1.54, 1.807) is 19.1 Å². The number of ether oxygens (including phenoxy) is 1. The highest BCUT2D eigenvalue weighted by atomic mass is 19.4. The Hall–Kier alpha value is -0.330. The number of nitrogens with one attached hydrogen (secondary N) is 1. The van der Waals surface area contributed by atoms with Gasteiger partial charge in [-0.3, -0.25) is 4.90 Å². The van der Waals surface area contributed by atoms with Gasteiger partial charge in [0.2, 0.25) is 0 Å². The fraction of sp³-hybridized carbons (Fsp3) is 1.00. The number of rotatable bonds is 7. The van der Waals surface area contributed by atoms with Crippen LogP contribution in [0.1, 0.15) is 27.2 Å². The van der Waals surface area contributed by atoms with Crippen LogP contribution in [-0.4, -0.2) is 56.5 Å². The minimum Gasteiger partial charge on any atom is -0.383 e. The van der Waals surface area contributed by atoms with E-state index in [9.17, 15) is 13.2 Å². The van der Waals surface area contributed by atoms with E-state index in [1.807, 2.05) is 20.8 Å². The molecule has 0 aromatic rings. The molecular formula is C12H25F3N2O. The SMILES string of the molecule is COCC(CNC(C)(C)C)N(C)CCC(F)(F)F. The van der Waals surface area contributed by atoms with Gasteiger partial charge in [0.05, 0.1) is 13.0 Å². The molecular weight excluding hydrogens is 245 g/mol. The molecule has 110 valence electrons. The highest BCUT2D eigenvalue weighted by Gasteiger charge is 2.28. The number of halogens is 3. The summed E-state index contributed by atoms with van der Waals surface area (Å²) in [6.07, 6.45) is -4.90. The summed E-state index contributed by atoms with van der Waals surface area (Å²) in [5, 5.41) is 3.28. The first-order valence-electron chi connectivity index (χ1n) is 6.06. The predicted molar refractivity (Wildman–Crippen MR) is 66.7 cm³/mol. The van der Waals surface area contributed by atoms with Crippen LogP contribution >= 0.6 is 0 Å². The van der Waals surface area contributed by atoms with E-state index in [4.69, 9.17) is 4.74 Å². The van der Waals surface area contributed by atoms with Crippen molar-refractivity contribution < 1.29 is 17.9 Å². The second kappa shape index (κ2) is 7.31. The Morgan fingerprint density at radius 3 is 2.17 bits per heavy atom. The van der Waals surface area contributed by atoms with E-state index in [0.29, 0.717) is 13.2 Å². The van der Waals surface area contributed by atoms with Crippen LogP contribution in [0, 0.1) is 0 Å². The van der Waals surface area contributed by atoms with Gasteiger partial charge >= 0.3 is 6.18 Å². The van der Waals surface area contributed by atoms with Crippen molar-refractivity contribution in [3.63, 3.8) is 0 Å². The average molecular weight is 270 g/mol. The first-order valence-corrected chi connectivity index (χ1v) is 6.06. The Balaban J connectivity index is 4.22. The quantitative estimate of drug-likeness (QED) is 0.768. The van der Waals surface area contributed by atoms with E-state index in [-0.39, 0.29) is 18.1 Å². The molecule has 0 aliphatic rings. The van der Waals surface area contributed by atoms with Crippen molar-refractivity contribution in [3.8, 4) is 0 Å². The minimum absolute atomic E-state index is 0.0106. The number of likely N-dealkylation sites (N-methyl/N-ethyl adjacent to an activating group) is 1. The van der Waals surface area contributed by atoms with E-state index < -0.39 is 12.6 Å². The zero-order valence-electron chi connectivity index (χ0n) is 11.9. The topological polar surface area (TPSA) is 24.5 Å². The third-order valence-corrected chi connectivity index (χ3v) is 2.60. The third kappa shape index (κ3) is 9.67. The van der Waals surface area contributed by atoms with Crippen molar-refractivity contribution in [1.29, 1.82) is 0 Å². The highest BCUT2D eigenvalue weighted by molar-refractivity contribution is 4.78. The zero-order chi connectivity index (χ0) is 14.4. The van der Waals surface area contributed by atoms with Gasteiger partial charge in [-0.2, -0.15) is 13.2 Å². The van der Waals surface area contributed by atoms with Gasteiger partial charge in [0.25, 0.3) is 0 Å². The molecule has 0 aromatic carbocycles. The van der Waals surface area contributed by atoms with E-state index >= 15 is 0 Å². The van der Waals surface area contributed by atoms with Crippen LogP contribution in [0.3, 0.4) is 0 Å². The summed E-state index contributed by atoms with van der Waals surface area (Å²) in [4.78, 5) is 1.69. The Morgan fingerprint density at radius 1 is 1.22 bits per heavy atom. The predicted octanol–water partition coefficient (Wildman–Crippen LogP) is 2.27. The molecule has 1 unspecified atom stereocenters. The Morgan fingerprint density at radius 2 is 1.78 bits per heavy atom. The lowest BCUT2D eigenvalue weighted by Gasteiger charge is -2.31.